The van der Waals surface area contributed by atoms with Gasteiger partial charge in [0.05, 0.1) is 11.5 Å². The Labute approximate surface area is 103 Å². The second-order valence-corrected chi connectivity index (χ2v) is 8.81. The minimum absolute atomic E-state index is 0.0978. The van der Waals surface area contributed by atoms with Crippen molar-refractivity contribution < 1.29 is 16.8 Å². The van der Waals surface area contributed by atoms with Crippen LogP contribution in [0.4, 0.5) is 0 Å². The maximum Gasteiger partial charge on any atom is 0.212 e. The molecule has 0 aliphatic heterocycles. The third-order valence-corrected chi connectivity index (χ3v) is 5.48. The predicted octanol–water partition coefficient (Wildman–Crippen LogP) is -0.780. The number of hydrogen-bond donors (Lipinski definition) is 2. The smallest absolute Gasteiger partial charge is 0.212 e. The maximum absolute atomic E-state index is 11.6. The van der Waals surface area contributed by atoms with Crippen LogP contribution in [0.2, 0.25) is 0 Å². The lowest BCUT2D eigenvalue weighted by molar-refractivity contribution is 0.373. The van der Waals surface area contributed by atoms with Gasteiger partial charge in [-0.25, -0.2) is 21.6 Å². The molecule has 1 aliphatic carbocycles. The highest BCUT2D eigenvalue weighted by Gasteiger charge is 2.23. The first-order chi connectivity index (χ1) is 7.68. The van der Waals surface area contributed by atoms with Crippen molar-refractivity contribution in [1.82, 2.24) is 4.72 Å². The second-order valence-electron chi connectivity index (χ2n) is 4.68. The van der Waals surface area contributed by atoms with Crippen LogP contribution >= 0.6 is 0 Å². The Morgan fingerprint density at radius 2 is 1.59 bits per heavy atom. The maximum atomic E-state index is 11.6. The Morgan fingerprint density at radius 1 is 1.06 bits per heavy atom. The Hall–Kier alpha value is -0.180. The second kappa shape index (κ2) is 5.64. The molecule has 0 aromatic carbocycles. The van der Waals surface area contributed by atoms with E-state index < -0.39 is 19.9 Å². The molecule has 0 amide bonds. The van der Waals surface area contributed by atoms with Gasteiger partial charge in [-0.2, -0.15) is 0 Å². The molecule has 0 bridgehead atoms. The van der Waals surface area contributed by atoms with Gasteiger partial charge in [-0.1, -0.05) is 0 Å². The summed E-state index contributed by atoms with van der Waals surface area (Å²) in [6.07, 6.45) is 4.08. The van der Waals surface area contributed by atoms with Crippen LogP contribution in [0.25, 0.3) is 0 Å². The Kier molecular flexibility index (Phi) is 4.94. The van der Waals surface area contributed by atoms with E-state index in [1.54, 1.807) is 0 Å². The van der Waals surface area contributed by atoms with E-state index in [-0.39, 0.29) is 23.6 Å². The fourth-order valence-corrected chi connectivity index (χ4v) is 4.76. The summed E-state index contributed by atoms with van der Waals surface area (Å²) in [5.41, 5.74) is 5.72. The number of nitrogens with two attached hydrogens (primary N) is 1. The molecule has 0 radical (unpaired) electrons. The molecular formula is C9H20N2O4S2. The van der Waals surface area contributed by atoms with E-state index in [2.05, 4.69) is 4.72 Å². The van der Waals surface area contributed by atoms with E-state index in [4.69, 9.17) is 5.73 Å². The van der Waals surface area contributed by atoms with Crippen molar-refractivity contribution in [3.63, 3.8) is 0 Å². The van der Waals surface area contributed by atoms with Gasteiger partial charge in [-0.05, 0) is 25.7 Å². The lowest BCUT2D eigenvalue weighted by Crippen LogP contribution is -2.42. The lowest BCUT2D eigenvalue weighted by atomic mass is 9.93. The van der Waals surface area contributed by atoms with Gasteiger partial charge >= 0.3 is 0 Å². The van der Waals surface area contributed by atoms with Crippen LogP contribution in [0.3, 0.4) is 0 Å². The monoisotopic (exact) mass is 284 g/mol. The number of nitrogens with one attached hydrogen (secondary N) is 1. The van der Waals surface area contributed by atoms with Gasteiger partial charge in [-0.15, -0.1) is 0 Å². The van der Waals surface area contributed by atoms with Gasteiger partial charge in [0, 0.05) is 18.3 Å². The van der Waals surface area contributed by atoms with E-state index in [1.165, 1.54) is 0 Å². The molecule has 0 saturated heterocycles. The van der Waals surface area contributed by atoms with Gasteiger partial charge in [-0.3, -0.25) is 0 Å². The Bertz CT molecular complexity index is 436. The van der Waals surface area contributed by atoms with Gasteiger partial charge in [0.25, 0.3) is 0 Å². The largest absolute Gasteiger partial charge is 0.328 e. The van der Waals surface area contributed by atoms with E-state index in [0.717, 1.165) is 31.9 Å². The fourth-order valence-electron chi connectivity index (χ4n) is 1.81. The van der Waals surface area contributed by atoms with E-state index in [1.807, 2.05) is 0 Å². The summed E-state index contributed by atoms with van der Waals surface area (Å²) in [6.45, 7) is 0. The zero-order chi connectivity index (χ0) is 13.1. The summed E-state index contributed by atoms with van der Waals surface area (Å²) in [6, 6.07) is 0.0612. The quantitative estimate of drug-likeness (QED) is 0.689. The topological polar surface area (TPSA) is 106 Å². The normalized spacial score (nSPS) is 26.9. The van der Waals surface area contributed by atoms with Crippen LogP contribution in [0.5, 0.6) is 0 Å². The average Bonchev–Trinajstić information content (AvgIpc) is 2.18. The molecular weight excluding hydrogens is 264 g/mol. The molecule has 1 rings (SSSR count). The van der Waals surface area contributed by atoms with Gasteiger partial charge in [0.1, 0.15) is 9.84 Å². The first kappa shape index (κ1) is 14.9. The van der Waals surface area contributed by atoms with Crippen LogP contribution in [0.1, 0.15) is 25.7 Å². The summed E-state index contributed by atoms with van der Waals surface area (Å²) in [5.74, 6) is -0.705. The van der Waals surface area contributed by atoms with Crippen LogP contribution in [0, 0.1) is 0 Å². The summed E-state index contributed by atoms with van der Waals surface area (Å²) in [7, 11) is -6.75. The van der Waals surface area contributed by atoms with Crippen LogP contribution in [-0.2, 0) is 19.9 Å². The molecule has 1 aliphatic rings. The van der Waals surface area contributed by atoms with Crippen molar-refractivity contribution >= 4 is 19.9 Å². The van der Waals surface area contributed by atoms with E-state index in [0.29, 0.717) is 0 Å². The van der Waals surface area contributed by atoms with Crippen LogP contribution in [-0.4, -0.2) is 46.7 Å². The summed E-state index contributed by atoms with van der Waals surface area (Å²) in [4.78, 5) is 0. The van der Waals surface area contributed by atoms with Crippen molar-refractivity contribution in [2.75, 3.05) is 17.8 Å². The van der Waals surface area contributed by atoms with E-state index >= 15 is 0 Å². The molecule has 8 heteroatoms. The summed E-state index contributed by atoms with van der Waals surface area (Å²) < 4.78 is 47.6. The molecule has 0 spiro atoms. The Balaban J connectivity index is 2.44. The van der Waals surface area contributed by atoms with Crippen LogP contribution < -0.4 is 10.5 Å². The standard InChI is InChI=1S/C9H20N2O4S2/c1-16(12,13)6-7-17(14,15)11-9-4-2-8(10)3-5-9/h8-9,11H,2-7,10H2,1H3. The zero-order valence-corrected chi connectivity index (χ0v) is 11.6. The summed E-state index contributed by atoms with van der Waals surface area (Å²) >= 11 is 0. The number of rotatable bonds is 5. The average molecular weight is 284 g/mol. The highest BCUT2D eigenvalue weighted by Crippen LogP contribution is 2.17. The molecule has 6 nitrogen and oxygen atoms in total. The van der Waals surface area contributed by atoms with Crippen molar-refractivity contribution in [2.24, 2.45) is 5.73 Å². The molecule has 0 unspecified atom stereocenters. The zero-order valence-electron chi connectivity index (χ0n) is 9.92. The highest BCUT2D eigenvalue weighted by atomic mass is 32.2. The van der Waals surface area contributed by atoms with Gasteiger partial charge in [0.15, 0.2) is 0 Å². The minimum Gasteiger partial charge on any atom is -0.328 e. The number of hydrogen-bond acceptors (Lipinski definition) is 5. The molecule has 0 atom stereocenters. The third-order valence-electron chi connectivity index (χ3n) is 2.84. The van der Waals surface area contributed by atoms with Gasteiger partial charge in [0.2, 0.25) is 10.0 Å². The molecule has 0 heterocycles. The van der Waals surface area contributed by atoms with Crippen molar-refractivity contribution in [2.45, 2.75) is 37.8 Å². The predicted molar refractivity (Wildman–Crippen MR) is 66.9 cm³/mol. The van der Waals surface area contributed by atoms with Crippen molar-refractivity contribution in [1.29, 1.82) is 0 Å². The van der Waals surface area contributed by atoms with E-state index in [9.17, 15) is 16.8 Å². The number of sulfonamides is 1. The SMILES string of the molecule is CS(=O)(=O)CCS(=O)(=O)NC1CCC(N)CC1. The highest BCUT2D eigenvalue weighted by molar-refractivity contribution is 7.93. The fraction of sp³-hybridized carbons (Fsp3) is 1.00. The summed E-state index contributed by atoms with van der Waals surface area (Å²) in [5, 5.41) is 0. The Morgan fingerprint density at radius 3 is 2.06 bits per heavy atom. The van der Waals surface area contributed by atoms with Gasteiger partial charge < -0.3 is 5.73 Å². The molecule has 1 saturated carbocycles. The molecule has 0 aromatic heterocycles. The lowest BCUT2D eigenvalue weighted by Gasteiger charge is -2.26. The van der Waals surface area contributed by atoms with Crippen molar-refractivity contribution in [3.05, 3.63) is 0 Å². The van der Waals surface area contributed by atoms with Crippen molar-refractivity contribution in [3.8, 4) is 0 Å². The third kappa shape index (κ3) is 6.35. The molecule has 0 aromatic rings. The number of sulfone groups is 1. The molecule has 102 valence electrons. The molecule has 1 fully saturated rings. The molecule has 17 heavy (non-hydrogen) atoms. The molecule has 3 N–H and O–H groups in total. The minimum atomic E-state index is -3.50. The first-order valence-corrected chi connectivity index (χ1v) is 9.32. The first-order valence-electron chi connectivity index (χ1n) is 5.61. The van der Waals surface area contributed by atoms with Crippen LogP contribution in [0.15, 0.2) is 0 Å².